The lowest BCUT2D eigenvalue weighted by Gasteiger charge is -2.39. The van der Waals surface area contributed by atoms with E-state index in [1.54, 1.807) is 4.90 Å². The van der Waals surface area contributed by atoms with Gasteiger partial charge in [0, 0.05) is 32.1 Å². The number of carbonyl (C=O) groups is 1. The molecule has 2 rings (SSSR count). The zero-order chi connectivity index (χ0) is 14.5. The van der Waals surface area contributed by atoms with E-state index in [4.69, 9.17) is 0 Å². The van der Waals surface area contributed by atoms with Crippen LogP contribution in [0.5, 0.6) is 0 Å². The van der Waals surface area contributed by atoms with E-state index in [-0.39, 0.29) is 18.1 Å². The summed E-state index contributed by atoms with van der Waals surface area (Å²) in [4.78, 5) is 15.6. The zero-order valence-corrected chi connectivity index (χ0v) is 12.5. The first-order valence-electron chi connectivity index (χ1n) is 7.99. The van der Waals surface area contributed by atoms with Crippen LogP contribution in [0.4, 0.5) is 0 Å². The average Bonchev–Trinajstić information content (AvgIpc) is 2.84. The Morgan fingerprint density at radius 3 is 2.65 bits per heavy atom. The summed E-state index contributed by atoms with van der Waals surface area (Å²) in [6.45, 7) is 4.70. The maximum atomic E-state index is 11.6. The summed E-state index contributed by atoms with van der Waals surface area (Å²) >= 11 is 0. The Morgan fingerprint density at radius 2 is 2.00 bits per heavy atom. The number of aliphatic hydroxyl groups is 2. The van der Waals surface area contributed by atoms with Crippen LogP contribution in [0.25, 0.3) is 0 Å². The van der Waals surface area contributed by atoms with Gasteiger partial charge in [-0.1, -0.05) is 13.3 Å². The van der Waals surface area contributed by atoms with E-state index in [1.807, 2.05) is 6.92 Å². The molecule has 2 heterocycles. The second-order valence-electron chi connectivity index (χ2n) is 6.13. The van der Waals surface area contributed by atoms with E-state index in [2.05, 4.69) is 4.90 Å². The molecule has 2 aliphatic heterocycles. The lowest BCUT2D eigenvalue weighted by atomic mass is 9.95. The summed E-state index contributed by atoms with van der Waals surface area (Å²) in [6, 6.07) is 0.165. The standard InChI is InChI=1S/C15H28N2O3/c1-2-14(19)13-6-3-4-8-16(13)10-12(18)11-17-9-5-7-15(17)20/h12-14,18-19H,2-11H2,1H3/t12-,13-,14-/m0/s1. The van der Waals surface area contributed by atoms with Gasteiger partial charge in [0.1, 0.15) is 0 Å². The van der Waals surface area contributed by atoms with Crippen LogP contribution in [0.1, 0.15) is 45.4 Å². The Labute approximate surface area is 121 Å². The number of likely N-dealkylation sites (tertiary alicyclic amines) is 2. The van der Waals surface area contributed by atoms with Gasteiger partial charge in [0.15, 0.2) is 0 Å². The van der Waals surface area contributed by atoms with Gasteiger partial charge >= 0.3 is 0 Å². The van der Waals surface area contributed by atoms with Crippen molar-refractivity contribution in [1.82, 2.24) is 9.80 Å². The number of nitrogens with zero attached hydrogens (tertiary/aromatic N) is 2. The SMILES string of the molecule is CC[C@H](O)[C@@H]1CCCCN1C[C@H](O)CN1CCCC1=O. The quantitative estimate of drug-likeness (QED) is 0.749. The van der Waals surface area contributed by atoms with Gasteiger partial charge in [-0.05, 0) is 32.2 Å². The van der Waals surface area contributed by atoms with Crippen molar-refractivity contribution in [2.75, 3.05) is 26.2 Å². The minimum Gasteiger partial charge on any atom is -0.392 e. The van der Waals surface area contributed by atoms with Crippen molar-refractivity contribution in [3.63, 3.8) is 0 Å². The molecule has 1 amide bonds. The summed E-state index contributed by atoms with van der Waals surface area (Å²) < 4.78 is 0. The smallest absolute Gasteiger partial charge is 0.222 e. The highest BCUT2D eigenvalue weighted by atomic mass is 16.3. The highest BCUT2D eigenvalue weighted by Gasteiger charge is 2.30. The van der Waals surface area contributed by atoms with Crippen LogP contribution < -0.4 is 0 Å². The van der Waals surface area contributed by atoms with Crippen molar-refractivity contribution in [3.05, 3.63) is 0 Å². The maximum Gasteiger partial charge on any atom is 0.222 e. The lowest BCUT2D eigenvalue weighted by molar-refractivity contribution is -0.129. The number of hydrogen-bond acceptors (Lipinski definition) is 4. The van der Waals surface area contributed by atoms with Crippen LogP contribution in [0.2, 0.25) is 0 Å². The first-order chi connectivity index (χ1) is 9.61. The van der Waals surface area contributed by atoms with Crippen LogP contribution in [0.15, 0.2) is 0 Å². The van der Waals surface area contributed by atoms with Crippen molar-refractivity contribution in [2.45, 2.75) is 63.7 Å². The Hall–Kier alpha value is -0.650. The second kappa shape index (κ2) is 7.38. The molecule has 20 heavy (non-hydrogen) atoms. The summed E-state index contributed by atoms with van der Waals surface area (Å²) in [6.07, 6.45) is 4.74. The fourth-order valence-corrected chi connectivity index (χ4v) is 3.43. The van der Waals surface area contributed by atoms with E-state index < -0.39 is 6.10 Å². The first-order valence-corrected chi connectivity index (χ1v) is 7.99. The third kappa shape index (κ3) is 3.93. The molecule has 2 fully saturated rings. The monoisotopic (exact) mass is 284 g/mol. The van der Waals surface area contributed by atoms with Gasteiger partial charge in [-0.25, -0.2) is 0 Å². The number of β-amino-alcohol motifs (C(OH)–C–C–N with tert-alkyl or cyclic N) is 1. The van der Waals surface area contributed by atoms with Crippen molar-refractivity contribution in [3.8, 4) is 0 Å². The number of hydrogen-bond donors (Lipinski definition) is 2. The molecule has 0 bridgehead atoms. The number of piperidine rings is 1. The van der Waals surface area contributed by atoms with E-state index in [1.165, 1.54) is 0 Å². The zero-order valence-electron chi connectivity index (χ0n) is 12.5. The maximum absolute atomic E-state index is 11.6. The first kappa shape index (κ1) is 15.7. The number of aliphatic hydroxyl groups excluding tert-OH is 2. The van der Waals surface area contributed by atoms with Crippen LogP contribution in [-0.2, 0) is 4.79 Å². The van der Waals surface area contributed by atoms with Gasteiger partial charge < -0.3 is 15.1 Å². The largest absolute Gasteiger partial charge is 0.392 e. The molecule has 0 aromatic heterocycles. The van der Waals surface area contributed by atoms with Crippen LogP contribution in [-0.4, -0.2) is 70.3 Å². The molecule has 2 N–H and O–H groups in total. The predicted molar refractivity (Wildman–Crippen MR) is 77.3 cm³/mol. The van der Waals surface area contributed by atoms with E-state index in [0.717, 1.165) is 45.2 Å². The summed E-state index contributed by atoms with van der Waals surface area (Å²) in [7, 11) is 0. The molecule has 2 aliphatic rings. The molecule has 116 valence electrons. The van der Waals surface area contributed by atoms with Gasteiger partial charge in [-0.15, -0.1) is 0 Å². The van der Waals surface area contributed by atoms with Gasteiger partial charge in [0.25, 0.3) is 0 Å². The molecule has 0 spiro atoms. The van der Waals surface area contributed by atoms with Gasteiger partial charge in [-0.3, -0.25) is 9.69 Å². The van der Waals surface area contributed by atoms with Crippen LogP contribution in [0, 0.1) is 0 Å². The highest BCUT2D eigenvalue weighted by molar-refractivity contribution is 5.78. The summed E-state index contributed by atoms with van der Waals surface area (Å²) in [5.74, 6) is 0.160. The van der Waals surface area contributed by atoms with Crippen LogP contribution in [0.3, 0.4) is 0 Å². The normalized spacial score (nSPS) is 27.9. The summed E-state index contributed by atoms with van der Waals surface area (Å²) in [5, 5.41) is 20.3. The Balaban J connectivity index is 1.84. The van der Waals surface area contributed by atoms with E-state index >= 15 is 0 Å². The fourth-order valence-electron chi connectivity index (χ4n) is 3.43. The number of rotatable bonds is 6. The molecule has 0 radical (unpaired) electrons. The molecule has 0 aromatic carbocycles. The van der Waals surface area contributed by atoms with Crippen molar-refractivity contribution >= 4 is 5.91 Å². The fraction of sp³-hybridized carbons (Fsp3) is 0.933. The van der Waals surface area contributed by atoms with Crippen LogP contribution >= 0.6 is 0 Å². The minimum atomic E-state index is -0.512. The molecule has 0 aromatic rings. The molecular formula is C15H28N2O3. The van der Waals surface area contributed by atoms with Crippen molar-refractivity contribution < 1.29 is 15.0 Å². The van der Waals surface area contributed by atoms with E-state index in [0.29, 0.717) is 19.5 Å². The van der Waals surface area contributed by atoms with Gasteiger partial charge in [0.2, 0.25) is 5.91 Å². The lowest BCUT2D eigenvalue weighted by Crippen LogP contribution is -2.51. The molecule has 5 heteroatoms. The topological polar surface area (TPSA) is 64.0 Å². The third-order valence-electron chi connectivity index (χ3n) is 4.57. The number of carbonyl (C=O) groups excluding carboxylic acids is 1. The Morgan fingerprint density at radius 1 is 1.20 bits per heavy atom. The molecule has 0 aliphatic carbocycles. The molecule has 2 saturated heterocycles. The third-order valence-corrected chi connectivity index (χ3v) is 4.57. The minimum absolute atomic E-state index is 0.160. The molecule has 0 unspecified atom stereocenters. The number of amides is 1. The predicted octanol–water partition coefficient (Wildman–Crippen LogP) is 0.595. The molecular weight excluding hydrogens is 256 g/mol. The Bertz CT molecular complexity index is 324. The highest BCUT2D eigenvalue weighted by Crippen LogP contribution is 2.22. The average molecular weight is 284 g/mol. The molecule has 0 saturated carbocycles. The molecule has 3 atom stereocenters. The van der Waals surface area contributed by atoms with E-state index in [9.17, 15) is 15.0 Å². The molecule has 5 nitrogen and oxygen atoms in total. The van der Waals surface area contributed by atoms with Crippen molar-refractivity contribution in [1.29, 1.82) is 0 Å². The summed E-state index contributed by atoms with van der Waals surface area (Å²) in [5.41, 5.74) is 0. The van der Waals surface area contributed by atoms with Gasteiger partial charge in [-0.2, -0.15) is 0 Å². The van der Waals surface area contributed by atoms with Gasteiger partial charge in [0.05, 0.1) is 12.2 Å². The van der Waals surface area contributed by atoms with Crippen molar-refractivity contribution in [2.24, 2.45) is 0 Å². The second-order valence-corrected chi connectivity index (χ2v) is 6.13. The Kier molecular flexibility index (Phi) is 5.81.